The molecule has 2 aromatic rings. The Bertz CT molecular complexity index is 447. The summed E-state index contributed by atoms with van der Waals surface area (Å²) in [7, 11) is 3.50. The molecule has 0 fully saturated rings. The molecule has 0 bridgehead atoms. The number of benzene rings is 1. The van der Waals surface area contributed by atoms with E-state index in [2.05, 4.69) is 5.10 Å². The van der Waals surface area contributed by atoms with Crippen LogP contribution in [0.2, 0.25) is 0 Å². The number of ether oxygens (including phenoxy) is 1. The third-order valence-electron chi connectivity index (χ3n) is 2.11. The molecule has 0 amide bonds. The Hall–Kier alpha value is -1.71. The summed E-state index contributed by atoms with van der Waals surface area (Å²) in [4.78, 5) is 0. The van der Waals surface area contributed by atoms with Crippen molar-refractivity contribution in [3.8, 4) is 5.75 Å². The predicted molar refractivity (Wildman–Crippen MR) is 51.7 cm³/mol. The highest BCUT2D eigenvalue weighted by Gasteiger charge is 2.07. The van der Waals surface area contributed by atoms with Crippen molar-refractivity contribution in [1.29, 1.82) is 0 Å². The number of nitrogen functional groups attached to an aromatic ring is 1. The van der Waals surface area contributed by atoms with Gasteiger partial charge in [0.05, 0.1) is 29.9 Å². The van der Waals surface area contributed by atoms with Crippen molar-refractivity contribution >= 4 is 16.6 Å². The van der Waals surface area contributed by atoms with Crippen molar-refractivity contribution in [2.24, 2.45) is 7.05 Å². The standard InChI is InChI=1S/C9H11N3O/c1-12-9-6(5-11-12)8(13-2)4-3-7(9)10/h3-5H,10H2,1-2H3. The van der Waals surface area contributed by atoms with Crippen LogP contribution in [0.4, 0.5) is 5.69 Å². The van der Waals surface area contributed by atoms with E-state index < -0.39 is 0 Å². The number of methoxy groups -OCH3 is 1. The molecule has 4 nitrogen and oxygen atoms in total. The molecule has 0 aliphatic heterocycles. The Morgan fingerprint density at radius 1 is 1.46 bits per heavy atom. The molecule has 2 N–H and O–H groups in total. The minimum absolute atomic E-state index is 0.718. The number of nitrogens with zero attached hydrogens (tertiary/aromatic N) is 2. The van der Waals surface area contributed by atoms with Crippen molar-refractivity contribution in [1.82, 2.24) is 9.78 Å². The van der Waals surface area contributed by atoms with E-state index in [4.69, 9.17) is 10.5 Å². The van der Waals surface area contributed by atoms with E-state index >= 15 is 0 Å². The Morgan fingerprint density at radius 3 is 2.92 bits per heavy atom. The van der Waals surface area contributed by atoms with Gasteiger partial charge in [0, 0.05) is 7.05 Å². The molecule has 1 heterocycles. The zero-order valence-electron chi connectivity index (χ0n) is 7.61. The normalized spacial score (nSPS) is 10.6. The van der Waals surface area contributed by atoms with Gasteiger partial charge < -0.3 is 10.5 Å². The molecule has 2 rings (SSSR count). The van der Waals surface area contributed by atoms with Gasteiger partial charge in [-0.2, -0.15) is 5.10 Å². The summed E-state index contributed by atoms with van der Waals surface area (Å²) in [5.41, 5.74) is 7.44. The zero-order chi connectivity index (χ0) is 9.42. The minimum atomic E-state index is 0.718. The highest BCUT2D eigenvalue weighted by Crippen LogP contribution is 2.28. The molecule has 0 radical (unpaired) electrons. The number of aromatic nitrogens is 2. The van der Waals surface area contributed by atoms with Crippen LogP contribution < -0.4 is 10.5 Å². The highest BCUT2D eigenvalue weighted by molar-refractivity contribution is 5.94. The number of fused-ring (bicyclic) bond motifs is 1. The van der Waals surface area contributed by atoms with Crippen LogP contribution in [0.3, 0.4) is 0 Å². The van der Waals surface area contributed by atoms with Crippen LogP contribution in [0.5, 0.6) is 5.75 Å². The molecule has 0 saturated carbocycles. The first-order chi connectivity index (χ1) is 6.24. The van der Waals surface area contributed by atoms with Crippen molar-refractivity contribution in [2.45, 2.75) is 0 Å². The third kappa shape index (κ3) is 1.02. The van der Waals surface area contributed by atoms with Crippen LogP contribution >= 0.6 is 0 Å². The van der Waals surface area contributed by atoms with Gasteiger partial charge in [-0.3, -0.25) is 4.68 Å². The number of aryl methyl sites for hydroxylation is 1. The molecule has 0 atom stereocenters. The summed E-state index contributed by atoms with van der Waals surface area (Å²) < 4.78 is 6.93. The molecule has 0 saturated heterocycles. The van der Waals surface area contributed by atoms with E-state index in [1.165, 1.54) is 0 Å². The van der Waals surface area contributed by atoms with Crippen LogP contribution in [0.25, 0.3) is 10.9 Å². The smallest absolute Gasteiger partial charge is 0.130 e. The van der Waals surface area contributed by atoms with E-state index in [0.29, 0.717) is 0 Å². The minimum Gasteiger partial charge on any atom is -0.496 e. The SMILES string of the molecule is COc1ccc(N)c2c1cnn2C. The van der Waals surface area contributed by atoms with Crippen molar-refractivity contribution < 1.29 is 4.74 Å². The number of hydrogen-bond donors (Lipinski definition) is 1. The molecule has 1 aromatic carbocycles. The number of nitrogens with two attached hydrogens (primary N) is 1. The molecule has 68 valence electrons. The van der Waals surface area contributed by atoms with E-state index in [1.807, 2.05) is 19.2 Å². The van der Waals surface area contributed by atoms with Gasteiger partial charge in [-0.25, -0.2) is 0 Å². The van der Waals surface area contributed by atoms with Gasteiger partial charge in [-0.1, -0.05) is 0 Å². The number of rotatable bonds is 1. The lowest BCUT2D eigenvalue weighted by Gasteiger charge is -2.03. The van der Waals surface area contributed by atoms with Crippen LogP contribution in [-0.4, -0.2) is 16.9 Å². The molecule has 4 heteroatoms. The molecule has 0 spiro atoms. The lowest BCUT2D eigenvalue weighted by Crippen LogP contribution is -1.95. The molecular formula is C9H11N3O. The second kappa shape index (κ2) is 2.65. The van der Waals surface area contributed by atoms with Crippen molar-refractivity contribution in [3.63, 3.8) is 0 Å². The van der Waals surface area contributed by atoms with Gasteiger partial charge in [-0.05, 0) is 12.1 Å². The first-order valence-electron chi connectivity index (χ1n) is 3.98. The van der Waals surface area contributed by atoms with Gasteiger partial charge in [0.2, 0.25) is 0 Å². The fraction of sp³-hybridized carbons (Fsp3) is 0.222. The first-order valence-corrected chi connectivity index (χ1v) is 3.98. The average Bonchev–Trinajstić information content (AvgIpc) is 2.50. The number of hydrogen-bond acceptors (Lipinski definition) is 3. The van der Waals surface area contributed by atoms with Crippen molar-refractivity contribution in [2.75, 3.05) is 12.8 Å². The summed E-state index contributed by atoms with van der Waals surface area (Å²) >= 11 is 0. The topological polar surface area (TPSA) is 53.1 Å². The monoisotopic (exact) mass is 177 g/mol. The summed E-state index contributed by atoms with van der Waals surface area (Å²) in [6.07, 6.45) is 1.75. The van der Waals surface area contributed by atoms with Crippen LogP contribution in [0, 0.1) is 0 Å². The third-order valence-corrected chi connectivity index (χ3v) is 2.11. The lowest BCUT2D eigenvalue weighted by molar-refractivity contribution is 0.420. The summed E-state index contributed by atoms with van der Waals surface area (Å²) in [5, 5.41) is 5.07. The fourth-order valence-electron chi connectivity index (χ4n) is 1.47. The van der Waals surface area contributed by atoms with E-state index in [-0.39, 0.29) is 0 Å². The van der Waals surface area contributed by atoms with Crippen LogP contribution in [0.15, 0.2) is 18.3 Å². The lowest BCUT2D eigenvalue weighted by atomic mass is 10.2. The van der Waals surface area contributed by atoms with E-state index in [1.54, 1.807) is 18.0 Å². The second-order valence-corrected chi connectivity index (χ2v) is 2.89. The van der Waals surface area contributed by atoms with Gasteiger partial charge in [0.15, 0.2) is 0 Å². The first kappa shape index (κ1) is 7.91. The number of anilines is 1. The van der Waals surface area contributed by atoms with E-state index in [0.717, 1.165) is 22.3 Å². The van der Waals surface area contributed by atoms with Crippen LogP contribution in [-0.2, 0) is 7.05 Å². The molecular weight excluding hydrogens is 166 g/mol. The summed E-state index contributed by atoms with van der Waals surface area (Å²) in [6, 6.07) is 3.67. The Labute approximate surface area is 75.9 Å². The molecule has 1 aromatic heterocycles. The molecule has 0 aliphatic carbocycles. The maximum atomic E-state index is 5.81. The average molecular weight is 177 g/mol. The Balaban J connectivity index is 2.87. The fourth-order valence-corrected chi connectivity index (χ4v) is 1.47. The largest absolute Gasteiger partial charge is 0.496 e. The van der Waals surface area contributed by atoms with Crippen molar-refractivity contribution in [3.05, 3.63) is 18.3 Å². The summed E-state index contributed by atoms with van der Waals surface area (Å²) in [6.45, 7) is 0. The zero-order valence-corrected chi connectivity index (χ0v) is 7.61. The summed E-state index contributed by atoms with van der Waals surface area (Å²) in [5.74, 6) is 0.803. The molecule has 0 unspecified atom stereocenters. The van der Waals surface area contributed by atoms with Crippen LogP contribution in [0.1, 0.15) is 0 Å². The maximum Gasteiger partial charge on any atom is 0.130 e. The predicted octanol–water partition coefficient (Wildman–Crippen LogP) is 1.16. The van der Waals surface area contributed by atoms with Gasteiger partial charge in [0.25, 0.3) is 0 Å². The Kier molecular flexibility index (Phi) is 1.62. The highest BCUT2D eigenvalue weighted by atomic mass is 16.5. The van der Waals surface area contributed by atoms with Gasteiger partial charge >= 0.3 is 0 Å². The van der Waals surface area contributed by atoms with E-state index in [9.17, 15) is 0 Å². The van der Waals surface area contributed by atoms with Gasteiger partial charge in [-0.15, -0.1) is 0 Å². The molecule has 13 heavy (non-hydrogen) atoms. The van der Waals surface area contributed by atoms with Gasteiger partial charge in [0.1, 0.15) is 5.75 Å². The Morgan fingerprint density at radius 2 is 2.23 bits per heavy atom. The molecule has 0 aliphatic rings. The quantitative estimate of drug-likeness (QED) is 0.665. The second-order valence-electron chi connectivity index (χ2n) is 2.89. The maximum absolute atomic E-state index is 5.81.